The maximum atomic E-state index is 12.8. The lowest BCUT2D eigenvalue weighted by Crippen LogP contribution is -2.50. The van der Waals surface area contributed by atoms with Crippen LogP contribution < -0.4 is 4.90 Å². The van der Waals surface area contributed by atoms with Crippen LogP contribution in [0.5, 0.6) is 0 Å². The summed E-state index contributed by atoms with van der Waals surface area (Å²) in [5, 5.41) is 4.79. The highest BCUT2D eigenvalue weighted by atomic mass is 16.2. The molecule has 6 nitrogen and oxygen atoms in total. The summed E-state index contributed by atoms with van der Waals surface area (Å²) in [6.07, 6.45) is 15.8. The molecule has 1 amide bonds. The van der Waals surface area contributed by atoms with Gasteiger partial charge >= 0.3 is 0 Å². The van der Waals surface area contributed by atoms with Crippen molar-refractivity contribution in [3.05, 3.63) is 35.8 Å². The number of piperazine rings is 1. The van der Waals surface area contributed by atoms with E-state index in [4.69, 9.17) is 10.1 Å². The Hall–Kier alpha value is -2.37. The summed E-state index contributed by atoms with van der Waals surface area (Å²) in [6, 6.07) is 0. The Morgan fingerprint density at radius 2 is 1.93 bits per heavy atom. The molecule has 0 saturated carbocycles. The van der Waals surface area contributed by atoms with Gasteiger partial charge in [-0.1, -0.05) is 12.2 Å². The SMILES string of the molecule is O=C([C@H]1CC=CCC1)N1CCN(c2nccn3nc4c(c23)CCCC4)CC1. The number of aromatic nitrogens is 3. The number of amides is 1. The van der Waals surface area contributed by atoms with Crippen LogP contribution in [0.4, 0.5) is 5.82 Å². The van der Waals surface area contributed by atoms with Crippen molar-refractivity contribution in [1.82, 2.24) is 19.5 Å². The third-order valence-electron chi connectivity index (χ3n) is 6.31. The second-order valence-corrected chi connectivity index (χ2v) is 7.97. The van der Waals surface area contributed by atoms with Crippen molar-refractivity contribution in [2.24, 2.45) is 5.92 Å². The largest absolute Gasteiger partial charge is 0.351 e. The minimum Gasteiger partial charge on any atom is -0.351 e. The molecule has 3 heterocycles. The van der Waals surface area contributed by atoms with E-state index in [1.807, 2.05) is 16.9 Å². The number of fused-ring (bicyclic) bond motifs is 3. The van der Waals surface area contributed by atoms with E-state index >= 15 is 0 Å². The molecule has 0 radical (unpaired) electrons. The van der Waals surface area contributed by atoms with Crippen LogP contribution in [-0.2, 0) is 17.6 Å². The van der Waals surface area contributed by atoms with Gasteiger partial charge in [0.15, 0.2) is 5.82 Å². The lowest BCUT2D eigenvalue weighted by molar-refractivity contribution is -0.136. The molecule has 2 aromatic heterocycles. The number of hydrogen-bond donors (Lipinski definition) is 0. The summed E-state index contributed by atoms with van der Waals surface area (Å²) >= 11 is 0. The Kier molecular flexibility index (Phi) is 4.34. The lowest BCUT2D eigenvalue weighted by Gasteiger charge is -2.37. The fourth-order valence-corrected chi connectivity index (χ4v) is 4.79. The topological polar surface area (TPSA) is 53.7 Å². The van der Waals surface area contributed by atoms with Gasteiger partial charge in [0.05, 0.1) is 5.69 Å². The van der Waals surface area contributed by atoms with E-state index in [9.17, 15) is 4.79 Å². The molecule has 142 valence electrons. The highest BCUT2D eigenvalue weighted by Gasteiger charge is 2.29. The van der Waals surface area contributed by atoms with Gasteiger partial charge in [0.2, 0.25) is 5.91 Å². The van der Waals surface area contributed by atoms with E-state index in [-0.39, 0.29) is 5.92 Å². The fraction of sp³-hybridized carbons (Fsp3) is 0.571. The first-order valence-electron chi connectivity index (χ1n) is 10.3. The smallest absolute Gasteiger partial charge is 0.226 e. The van der Waals surface area contributed by atoms with Gasteiger partial charge in [-0.15, -0.1) is 0 Å². The zero-order chi connectivity index (χ0) is 18.2. The predicted octanol–water partition coefficient (Wildman–Crippen LogP) is 2.61. The highest BCUT2D eigenvalue weighted by molar-refractivity contribution is 5.80. The van der Waals surface area contributed by atoms with Crippen LogP contribution in [0.25, 0.3) is 5.52 Å². The van der Waals surface area contributed by atoms with E-state index in [0.717, 1.165) is 64.1 Å². The molecule has 2 aromatic rings. The number of nitrogens with zero attached hydrogens (tertiary/aromatic N) is 5. The van der Waals surface area contributed by atoms with Gasteiger partial charge < -0.3 is 9.80 Å². The van der Waals surface area contributed by atoms with Crippen molar-refractivity contribution < 1.29 is 4.79 Å². The first-order valence-corrected chi connectivity index (χ1v) is 10.3. The van der Waals surface area contributed by atoms with Crippen molar-refractivity contribution in [1.29, 1.82) is 0 Å². The van der Waals surface area contributed by atoms with Gasteiger partial charge in [-0.25, -0.2) is 9.50 Å². The monoisotopic (exact) mass is 365 g/mol. The maximum Gasteiger partial charge on any atom is 0.226 e. The second-order valence-electron chi connectivity index (χ2n) is 7.97. The van der Waals surface area contributed by atoms with E-state index in [1.165, 1.54) is 29.6 Å². The third kappa shape index (κ3) is 3.01. The highest BCUT2D eigenvalue weighted by Crippen LogP contribution is 2.31. The minimum absolute atomic E-state index is 0.185. The van der Waals surface area contributed by atoms with Gasteiger partial charge in [0.1, 0.15) is 5.52 Å². The van der Waals surface area contributed by atoms with Crippen molar-refractivity contribution in [2.75, 3.05) is 31.1 Å². The number of aryl methyl sites for hydroxylation is 2. The molecule has 1 saturated heterocycles. The lowest BCUT2D eigenvalue weighted by atomic mass is 9.93. The van der Waals surface area contributed by atoms with Gasteiger partial charge in [-0.2, -0.15) is 5.10 Å². The Morgan fingerprint density at radius 1 is 1.07 bits per heavy atom. The summed E-state index contributed by atoms with van der Waals surface area (Å²) in [4.78, 5) is 21.9. The fourth-order valence-electron chi connectivity index (χ4n) is 4.79. The number of rotatable bonds is 2. The van der Waals surface area contributed by atoms with Crippen LogP contribution in [0, 0.1) is 5.92 Å². The average molecular weight is 365 g/mol. The first kappa shape index (κ1) is 16.8. The third-order valence-corrected chi connectivity index (χ3v) is 6.31. The summed E-state index contributed by atoms with van der Waals surface area (Å²) < 4.78 is 2.02. The Morgan fingerprint density at radius 3 is 2.74 bits per heavy atom. The van der Waals surface area contributed by atoms with Gasteiger partial charge in [-0.3, -0.25) is 4.79 Å². The molecule has 0 aromatic carbocycles. The Labute approximate surface area is 159 Å². The number of hydrogen-bond acceptors (Lipinski definition) is 4. The normalized spacial score (nSPS) is 22.9. The summed E-state index contributed by atoms with van der Waals surface area (Å²) in [7, 11) is 0. The molecular weight excluding hydrogens is 338 g/mol. The molecule has 0 unspecified atom stereocenters. The molecule has 0 N–H and O–H groups in total. The molecule has 0 bridgehead atoms. The van der Waals surface area contributed by atoms with E-state index < -0.39 is 0 Å². The van der Waals surface area contributed by atoms with Crippen molar-refractivity contribution >= 4 is 17.2 Å². The zero-order valence-corrected chi connectivity index (χ0v) is 15.8. The first-order chi connectivity index (χ1) is 13.3. The Balaban J connectivity index is 1.34. The molecule has 3 aliphatic rings. The molecule has 1 atom stereocenters. The minimum atomic E-state index is 0.185. The van der Waals surface area contributed by atoms with Crippen LogP contribution in [-0.4, -0.2) is 51.6 Å². The molecular formula is C21H27N5O. The number of carbonyl (C=O) groups excluding carboxylic acids is 1. The van der Waals surface area contributed by atoms with Gasteiger partial charge in [-0.05, 0) is 44.9 Å². The molecule has 2 aliphatic carbocycles. The Bertz CT molecular complexity index is 878. The number of anilines is 1. The molecule has 1 fully saturated rings. The zero-order valence-electron chi connectivity index (χ0n) is 15.8. The van der Waals surface area contributed by atoms with Crippen molar-refractivity contribution in [3.63, 3.8) is 0 Å². The molecule has 6 heteroatoms. The molecule has 5 rings (SSSR count). The number of allylic oxidation sites excluding steroid dienone is 2. The summed E-state index contributed by atoms with van der Waals surface area (Å²) in [5.41, 5.74) is 3.82. The maximum absolute atomic E-state index is 12.8. The van der Waals surface area contributed by atoms with E-state index in [1.54, 1.807) is 0 Å². The van der Waals surface area contributed by atoms with Crippen LogP contribution in [0.1, 0.15) is 43.4 Å². The summed E-state index contributed by atoms with van der Waals surface area (Å²) in [5.74, 6) is 1.57. The summed E-state index contributed by atoms with van der Waals surface area (Å²) in [6.45, 7) is 3.28. The molecule has 1 aliphatic heterocycles. The quantitative estimate of drug-likeness (QED) is 0.768. The van der Waals surface area contributed by atoms with Crippen LogP contribution in [0.3, 0.4) is 0 Å². The second kappa shape index (κ2) is 6.98. The van der Waals surface area contributed by atoms with Crippen LogP contribution >= 0.6 is 0 Å². The molecule has 27 heavy (non-hydrogen) atoms. The van der Waals surface area contributed by atoms with Crippen molar-refractivity contribution in [2.45, 2.75) is 44.9 Å². The van der Waals surface area contributed by atoms with Crippen molar-refractivity contribution in [3.8, 4) is 0 Å². The van der Waals surface area contributed by atoms with Crippen LogP contribution in [0.2, 0.25) is 0 Å². The van der Waals surface area contributed by atoms with Gasteiger partial charge in [0, 0.05) is 50.1 Å². The number of carbonyl (C=O) groups is 1. The standard InChI is InChI=1S/C21H27N5O/c27-21(16-6-2-1-3-7-16)25-14-12-24(13-15-25)20-19-17-8-4-5-9-18(17)23-26(19)11-10-22-20/h1-2,10-11,16H,3-9,12-15H2/t16-/m0/s1. The van der Waals surface area contributed by atoms with E-state index in [2.05, 4.69) is 22.0 Å². The average Bonchev–Trinajstić information content (AvgIpc) is 3.13. The van der Waals surface area contributed by atoms with Crippen LogP contribution in [0.15, 0.2) is 24.5 Å². The molecule has 0 spiro atoms. The van der Waals surface area contributed by atoms with E-state index in [0.29, 0.717) is 5.91 Å². The van der Waals surface area contributed by atoms with Gasteiger partial charge in [0.25, 0.3) is 0 Å². The predicted molar refractivity (Wildman–Crippen MR) is 105 cm³/mol.